The van der Waals surface area contributed by atoms with E-state index in [0.717, 1.165) is 50.2 Å². The van der Waals surface area contributed by atoms with Crippen LogP contribution in [0.15, 0.2) is 24.3 Å². The molecule has 4 rings (SSSR count). The molecule has 24 heavy (non-hydrogen) atoms. The fraction of sp³-hybridized carbons (Fsp3) is 0.500. The summed E-state index contributed by atoms with van der Waals surface area (Å²) in [6.45, 7) is 1.60. The number of hydrogen-bond donors (Lipinski definition) is 1. The number of halogens is 1. The third kappa shape index (κ3) is 2.92. The Morgan fingerprint density at radius 2 is 1.83 bits per heavy atom. The van der Waals surface area contributed by atoms with Crippen LogP contribution >= 0.6 is 0 Å². The number of nitrogens with one attached hydrogen (secondary N) is 1. The van der Waals surface area contributed by atoms with E-state index >= 15 is 0 Å². The van der Waals surface area contributed by atoms with Crippen LogP contribution in [0.4, 0.5) is 4.39 Å². The topological polar surface area (TPSA) is 61.9 Å². The van der Waals surface area contributed by atoms with Crippen molar-refractivity contribution in [3.8, 4) is 11.4 Å². The van der Waals surface area contributed by atoms with Crippen molar-refractivity contribution in [1.82, 2.24) is 20.1 Å². The van der Waals surface area contributed by atoms with Gasteiger partial charge in [-0.1, -0.05) is 6.42 Å². The molecule has 1 amide bonds. The smallest absolute Gasteiger partial charge is 0.225 e. The van der Waals surface area contributed by atoms with Gasteiger partial charge in [-0.25, -0.2) is 9.37 Å². The normalized spacial score (nSPS) is 19.3. The Balaban J connectivity index is 1.39. The number of carbonyl (C=O) groups excluding carboxylic acids is 1. The molecule has 0 radical (unpaired) electrons. The lowest BCUT2D eigenvalue weighted by atomic mass is 9.83. The quantitative estimate of drug-likeness (QED) is 0.941. The number of aromatic amines is 1. The Hall–Kier alpha value is -2.24. The van der Waals surface area contributed by atoms with Crippen molar-refractivity contribution in [1.29, 1.82) is 0 Å². The number of benzene rings is 1. The van der Waals surface area contributed by atoms with E-state index < -0.39 is 0 Å². The molecular weight excluding hydrogens is 307 g/mol. The van der Waals surface area contributed by atoms with Crippen LogP contribution in [-0.4, -0.2) is 39.1 Å². The minimum atomic E-state index is -0.266. The van der Waals surface area contributed by atoms with Gasteiger partial charge in [0.2, 0.25) is 5.91 Å². The summed E-state index contributed by atoms with van der Waals surface area (Å²) in [4.78, 5) is 18.9. The summed E-state index contributed by atoms with van der Waals surface area (Å²) < 4.78 is 13.0. The lowest BCUT2D eigenvalue weighted by Gasteiger charge is -2.36. The van der Waals surface area contributed by atoms with Crippen molar-refractivity contribution in [2.45, 2.75) is 38.0 Å². The van der Waals surface area contributed by atoms with Crippen LogP contribution in [0, 0.1) is 11.7 Å². The number of hydrogen-bond acceptors (Lipinski definition) is 3. The molecule has 2 aromatic rings. The standard InChI is InChI=1S/C18H21FN4O/c19-15-6-4-12(5-7-15)16-20-17(22-21-16)13-8-10-23(11-9-13)18(24)14-2-1-3-14/h4-7,13-14H,1-3,8-11H2,(H,20,21,22). The maximum Gasteiger partial charge on any atom is 0.225 e. The number of nitrogens with zero attached hydrogens (tertiary/aromatic N) is 3. The summed E-state index contributed by atoms with van der Waals surface area (Å²) in [6.07, 6.45) is 5.13. The second-order valence-corrected chi connectivity index (χ2v) is 6.78. The zero-order valence-electron chi connectivity index (χ0n) is 13.5. The number of piperidine rings is 1. The third-order valence-corrected chi connectivity index (χ3v) is 5.25. The molecule has 1 aromatic carbocycles. The molecule has 6 heteroatoms. The maximum absolute atomic E-state index is 13.0. The van der Waals surface area contributed by atoms with Crippen molar-refractivity contribution >= 4 is 5.91 Å². The molecule has 0 atom stereocenters. The fourth-order valence-electron chi connectivity index (χ4n) is 3.47. The summed E-state index contributed by atoms with van der Waals surface area (Å²) in [5.41, 5.74) is 0.802. The molecule has 2 fully saturated rings. The number of likely N-dealkylation sites (tertiary alicyclic amines) is 1. The molecule has 0 unspecified atom stereocenters. The number of rotatable bonds is 3. The van der Waals surface area contributed by atoms with Crippen LogP contribution in [-0.2, 0) is 4.79 Å². The highest BCUT2D eigenvalue weighted by molar-refractivity contribution is 5.79. The monoisotopic (exact) mass is 328 g/mol. The van der Waals surface area contributed by atoms with Crippen molar-refractivity contribution in [2.75, 3.05) is 13.1 Å². The summed E-state index contributed by atoms with van der Waals surface area (Å²) in [7, 11) is 0. The summed E-state index contributed by atoms with van der Waals surface area (Å²) in [6, 6.07) is 6.19. The molecule has 5 nitrogen and oxygen atoms in total. The van der Waals surface area contributed by atoms with Crippen LogP contribution < -0.4 is 0 Å². The summed E-state index contributed by atoms with van der Waals surface area (Å²) in [5.74, 6) is 2.11. The minimum Gasteiger partial charge on any atom is -0.342 e. The molecule has 126 valence electrons. The first-order chi connectivity index (χ1) is 11.7. The highest BCUT2D eigenvalue weighted by Gasteiger charge is 2.32. The van der Waals surface area contributed by atoms with Gasteiger partial charge in [0.25, 0.3) is 0 Å². The van der Waals surface area contributed by atoms with E-state index in [1.54, 1.807) is 12.1 Å². The average Bonchev–Trinajstić information content (AvgIpc) is 3.04. The zero-order chi connectivity index (χ0) is 16.5. The largest absolute Gasteiger partial charge is 0.342 e. The third-order valence-electron chi connectivity index (χ3n) is 5.25. The number of H-pyrrole nitrogens is 1. The van der Waals surface area contributed by atoms with Gasteiger partial charge >= 0.3 is 0 Å². The van der Waals surface area contributed by atoms with Crippen LogP contribution in [0.1, 0.15) is 43.8 Å². The van der Waals surface area contributed by atoms with Gasteiger partial charge in [-0.15, -0.1) is 0 Å². The van der Waals surface area contributed by atoms with E-state index in [-0.39, 0.29) is 11.7 Å². The second kappa shape index (κ2) is 6.34. The van der Waals surface area contributed by atoms with Gasteiger partial charge in [0.15, 0.2) is 5.82 Å². The van der Waals surface area contributed by atoms with Crippen LogP contribution in [0.25, 0.3) is 11.4 Å². The molecular formula is C18H21FN4O. The Kier molecular flexibility index (Phi) is 4.04. The molecule has 1 aromatic heterocycles. The number of carbonyl (C=O) groups is 1. The van der Waals surface area contributed by atoms with Crippen molar-refractivity contribution < 1.29 is 9.18 Å². The Bertz CT molecular complexity index is 715. The number of amides is 1. The lowest BCUT2D eigenvalue weighted by molar-refractivity contribution is -0.139. The second-order valence-electron chi connectivity index (χ2n) is 6.78. The van der Waals surface area contributed by atoms with Gasteiger partial charge in [-0.2, -0.15) is 5.10 Å². The lowest BCUT2D eigenvalue weighted by Crippen LogP contribution is -2.43. The summed E-state index contributed by atoms with van der Waals surface area (Å²) in [5, 5.41) is 7.28. The maximum atomic E-state index is 13.0. The highest BCUT2D eigenvalue weighted by Crippen LogP contribution is 2.32. The van der Waals surface area contributed by atoms with Gasteiger partial charge in [0.1, 0.15) is 11.6 Å². The first-order valence-corrected chi connectivity index (χ1v) is 8.68. The molecule has 1 aliphatic carbocycles. The van der Waals surface area contributed by atoms with E-state index in [1.165, 1.54) is 18.6 Å². The van der Waals surface area contributed by atoms with Gasteiger partial charge < -0.3 is 4.90 Å². The first kappa shape index (κ1) is 15.3. The number of aromatic nitrogens is 3. The van der Waals surface area contributed by atoms with Crippen LogP contribution in [0.3, 0.4) is 0 Å². The Labute approximate surface area is 140 Å². The predicted molar refractivity (Wildman–Crippen MR) is 87.7 cm³/mol. The minimum absolute atomic E-state index is 0.266. The van der Waals surface area contributed by atoms with E-state index in [0.29, 0.717) is 17.6 Å². The van der Waals surface area contributed by atoms with E-state index in [1.807, 2.05) is 4.90 Å². The predicted octanol–water partition coefficient (Wildman–Crippen LogP) is 3.12. The molecule has 0 bridgehead atoms. The molecule has 1 saturated carbocycles. The van der Waals surface area contributed by atoms with E-state index in [4.69, 9.17) is 0 Å². The van der Waals surface area contributed by atoms with Crippen LogP contribution in [0.2, 0.25) is 0 Å². The van der Waals surface area contributed by atoms with Crippen molar-refractivity contribution in [3.63, 3.8) is 0 Å². The Morgan fingerprint density at radius 1 is 1.12 bits per heavy atom. The molecule has 0 spiro atoms. The highest BCUT2D eigenvalue weighted by atomic mass is 19.1. The summed E-state index contributed by atoms with van der Waals surface area (Å²) >= 11 is 0. The SMILES string of the molecule is O=C(C1CCC1)N1CCC(c2nc(-c3ccc(F)cc3)n[nH]2)CC1. The molecule has 2 aliphatic rings. The fourth-order valence-corrected chi connectivity index (χ4v) is 3.47. The molecule has 1 aliphatic heterocycles. The molecule has 1 saturated heterocycles. The molecule has 1 N–H and O–H groups in total. The van der Waals surface area contributed by atoms with Crippen LogP contribution in [0.5, 0.6) is 0 Å². The van der Waals surface area contributed by atoms with Gasteiger partial charge in [-0.3, -0.25) is 9.89 Å². The van der Waals surface area contributed by atoms with Crippen molar-refractivity contribution in [2.24, 2.45) is 5.92 Å². The molecule has 2 heterocycles. The van der Waals surface area contributed by atoms with Gasteiger partial charge in [0.05, 0.1) is 0 Å². The van der Waals surface area contributed by atoms with Gasteiger partial charge in [-0.05, 0) is 49.9 Å². The first-order valence-electron chi connectivity index (χ1n) is 8.68. The Morgan fingerprint density at radius 3 is 2.46 bits per heavy atom. The van der Waals surface area contributed by atoms with Gasteiger partial charge in [0, 0.05) is 30.5 Å². The van der Waals surface area contributed by atoms with E-state index in [9.17, 15) is 9.18 Å². The zero-order valence-corrected chi connectivity index (χ0v) is 13.5. The van der Waals surface area contributed by atoms with Crippen molar-refractivity contribution in [3.05, 3.63) is 35.9 Å². The van der Waals surface area contributed by atoms with E-state index in [2.05, 4.69) is 15.2 Å². The average molecular weight is 328 g/mol.